The molecule has 2 heteroatoms. The van der Waals surface area contributed by atoms with E-state index in [1.165, 1.54) is 51.9 Å². The van der Waals surface area contributed by atoms with Crippen LogP contribution in [0.4, 0.5) is 0 Å². The van der Waals surface area contributed by atoms with Crippen LogP contribution in [-0.4, -0.2) is 37.1 Å². The normalized spacial score (nSPS) is 29.4. The lowest BCUT2D eigenvalue weighted by atomic mass is 10.0. The molecule has 1 unspecified atom stereocenters. The third-order valence-corrected chi connectivity index (χ3v) is 3.53. The fourth-order valence-corrected chi connectivity index (χ4v) is 2.63. The van der Waals surface area contributed by atoms with Gasteiger partial charge in [-0.3, -0.25) is 0 Å². The Kier molecular flexibility index (Phi) is 4.04. The molecule has 2 rings (SSSR count). The molecule has 1 atom stereocenters. The molecule has 1 saturated carbocycles. The SMILES string of the molecule is CC(C)CC1CN(CC2CC2)CCCN1. The van der Waals surface area contributed by atoms with E-state index in [9.17, 15) is 0 Å². The third kappa shape index (κ3) is 4.12. The Morgan fingerprint density at radius 2 is 2.13 bits per heavy atom. The van der Waals surface area contributed by atoms with Crippen molar-refractivity contribution in [2.75, 3.05) is 26.2 Å². The van der Waals surface area contributed by atoms with Crippen molar-refractivity contribution in [1.29, 1.82) is 0 Å². The van der Waals surface area contributed by atoms with Gasteiger partial charge in [-0.15, -0.1) is 0 Å². The molecule has 0 spiro atoms. The number of nitrogens with zero attached hydrogens (tertiary/aromatic N) is 1. The van der Waals surface area contributed by atoms with Crippen molar-refractivity contribution in [2.45, 2.75) is 45.6 Å². The zero-order valence-electron chi connectivity index (χ0n) is 10.3. The lowest BCUT2D eigenvalue weighted by Crippen LogP contribution is -2.39. The van der Waals surface area contributed by atoms with Gasteiger partial charge in [0.05, 0.1) is 0 Å². The van der Waals surface area contributed by atoms with Crippen molar-refractivity contribution < 1.29 is 0 Å². The van der Waals surface area contributed by atoms with Crippen molar-refractivity contribution in [3.05, 3.63) is 0 Å². The molecule has 0 amide bonds. The molecule has 2 nitrogen and oxygen atoms in total. The zero-order valence-corrected chi connectivity index (χ0v) is 10.3. The van der Waals surface area contributed by atoms with E-state index in [4.69, 9.17) is 0 Å². The van der Waals surface area contributed by atoms with Gasteiger partial charge in [-0.25, -0.2) is 0 Å². The Morgan fingerprint density at radius 3 is 2.80 bits per heavy atom. The van der Waals surface area contributed by atoms with E-state index in [1.54, 1.807) is 0 Å². The van der Waals surface area contributed by atoms with E-state index in [0.29, 0.717) is 0 Å². The second-order valence-corrected chi connectivity index (χ2v) is 5.84. The van der Waals surface area contributed by atoms with Crippen molar-refractivity contribution >= 4 is 0 Å². The summed E-state index contributed by atoms with van der Waals surface area (Å²) in [5, 5.41) is 3.69. The second-order valence-electron chi connectivity index (χ2n) is 5.84. The first-order valence-electron chi connectivity index (χ1n) is 6.70. The van der Waals surface area contributed by atoms with E-state index < -0.39 is 0 Å². The quantitative estimate of drug-likeness (QED) is 0.764. The molecule has 1 N–H and O–H groups in total. The Balaban J connectivity index is 1.78. The Bertz CT molecular complexity index is 175. The topological polar surface area (TPSA) is 15.3 Å². The second kappa shape index (κ2) is 5.31. The van der Waals surface area contributed by atoms with Crippen LogP contribution in [0.15, 0.2) is 0 Å². The molecule has 0 bridgehead atoms. The van der Waals surface area contributed by atoms with Gasteiger partial charge in [0.1, 0.15) is 0 Å². The van der Waals surface area contributed by atoms with E-state index in [0.717, 1.165) is 17.9 Å². The number of hydrogen-bond donors (Lipinski definition) is 1. The molecule has 1 saturated heterocycles. The predicted octanol–water partition coefficient (Wildman–Crippen LogP) is 2.11. The van der Waals surface area contributed by atoms with Crippen molar-refractivity contribution in [3.8, 4) is 0 Å². The van der Waals surface area contributed by atoms with E-state index >= 15 is 0 Å². The Labute approximate surface area is 94.4 Å². The molecule has 2 aliphatic rings. The number of hydrogen-bond acceptors (Lipinski definition) is 2. The van der Waals surface area contributed by atoms with Crippen molar-refractivity contribution in [2.24, 2.45) is 11.8 Å². The minimum atomic E-state index is 0.742. The van der Waals surface area contributed by atoms with Crippen LogP contribution in [0.2, 0.25) is 0 Å². The molecule has 2 fully saturated rings. The molecule has 88 valence electrons. The summed E-state index contributed by atoms with van der Waals surface area (Å²) in [6.45, 7) is 9.86. The maximum atomic E-state index is 3.69. The molecule has 1 aliphatic heterocycles. The van der Waals surface area contributed by atoms with Crippen LogP contribution in [0.25, 0.3) is 0 Å². The maximum Gasteiger partial charge on any atom is 0.0197 e. The molecule has 15 heavy (non-hydrogen) atoms. The van der Waals surface area contributed by atoms with Gasteiger partial charge in [0.25, 0.3) is 0 Å². The van der Waals surface area contributed by atoms with Crippen LogP contribution in [0, 0.1) is 11.8 Å². The van der Waals surface area contributed by atoms with Gasteiger partial charge in [0.15, 0.2) is 0 Å². The van der Waals surface area contributed by atoms with Gasteiger partial charge in [-0.2, -0.15) is 0 Å². The lowest BCUT2D eigenvalue weighted by molar-refractivity contribution is 0.246. The van der Waals surface area contributed by atoms with Crippen LogP contribution in [0.5, 0.6) is 0 Å². The fourth-order valence-electron chi connectivity index (χ4n) is 2.63. The number of nitrogens with one attached hydrogen (secondary N) is 1. The standard InChI is InChI=1S/C13H26N2/c1-11(2)8-13-10-15(7-3-6-14-13)9-12-4-5-12/h11-14H,3-10H2,1-2H3. The van der Waals surface area contributed by atoms with Gasteiger partial charge in [-0.1, -0.05) is 13.8 Å². The number of rotatable bonds is 4. The van der Waals surface area contributed by atoms with Gasteiger partial charge in [-0.05, 0) is 50.6 Å². The van der Waals surface area contributed by atoms with Crippen LogP contribution in [0.3, 0.4) is 0 Å². The first-order chi connectivity index (χ1) is 7.24. The highest BCUT2D eigenvalue weighted by atomic mass is 15.2. The minimum absolute atomic E-state index is 0.742. The van der Waals surface area contributed by atoms with Crippen LogP contribution < -0.4 is 5.32 Å². The highest BCUT2D eigenvalue weighted by Gasteiger charge is 2.26. The smallest absolute Gasteiger partial charge is 0.0197 e. The third-order valence-electron chi connectivity index (χ3n) is 3.53. The first-order valence-corrected chi connectivity index (χ1v) is 6.70. The Morgan fingerprint density at radius 1 is 1.33 bits per heavy atom. The van der Waals surface area contributed by atoms with Gasteiger partial charge < -0.3 is 10.2 Å². The fraction of sp³-hybridized carbons (Fsp3) is 1.00. The molecular formula is C13H26N2. The molecule has 0 aromatic carbocycles. The first kappa shape index (κ1) is 11.4. The average molecular weight is 210 g/mol. The van der Waals surface area contributed by atoms with Crippen molar-refractivity contribution in [3.63, 3.8) is 0 Å². The molecule has 0 aromatic rings. The zero-order chi connectivity index (χ0) is 10.7. The summed E-state index contributed by atoms with van der Waals surface area (Å²) in [4.78, 5) is 2.70. The largest absolute Gasteiger partial charge is 0.313 e. The van der Waals surface area contributed by atoms with E-state index in [2.05, 4.69) is 24.1 Å². The summed E-state index contributed by atoms with van der Waals surface area (Å²) in [5.74, 6) is 1.87. The highest BCUT2D eigenvalue weighted by Crippen LogP contribution is 2.30. The van der Waals surface area contributed by atoms with Crippen LogP contribution in [-0.2, 0) is 0 Å². The van der Waals surface area contributed by atoms with E-state index in [-0.39, 0.29) is 0 Å². The average Bonchev–Trinajstić information content (AvgIpc) is 2.94. The van der Waals surface area contributed by atoms with E-state index in [1.807, 2.05) is 0 Å². The van der Waals surface area contributed by atoms with Crippen molar-refractivity contribution in [1.82, 2.24) is 10.2 Å². The monoisotopic (exact) mass is 210 g/mol. The van der Waals surface area contributed by atoms with Crippen LogP contribution in [0.1, 0.15) is 39.5 Å². The minimum Gasteiger partial charge on any atom is -0.313 e. The maximum absolute atomic E-state index is 3.69. The molecule has 0 radical (unpaired) electrons. The summed E-state index contributed by atoms with van der Waals surface area (Å²) in [6, 6.07) is 0.742. The summed E-state index contributed by atoms with van der Waals surface area (Å²) < 4.78 is 0. The van der Waals surface area contributed by atoms with Gasteiger partial charge in [0, 0.05) is 19.1 Å². The molecule has 1 heterocycles. The Hall–Kier alpha value is -0.0800. The summed E-state index contributed by atoms with van der Waals surface area (Å²) in [5.41, 5.74) is 0. The van der Waals surface area contributed by atoms with Crippen LogP contribution >= 0.6 is 0 Å². The summed E-state index contributed by atoms with van der Waals surface area (Å²) >= 11 is 0. The summed E-state index contributed by atoms with van der Waals surface area (Å²) in [7, 11) is 0. The molecular weight excluding hydrogens is 184 g/mol. The summed E-state index contributed by atoms with van der Waals surface area (Å²) in [6.07, 6.45) is 5.64. The van der Waals surface area contributed by atoms with Gasteiger partial charge in [0.2, 0.25) is 0 Å². The molecule has 0 aromatic heterocycles. The predicted molar refractivity (Wildman–Crippen MR) is 65.0 cm³/mol. The molecule has 1 aliphatic carbocycles. The highest BCUT2D eigenvalue weighted by molar-refractivity contribution is 4.82. The lowest BCUT2D eigenvalue weighted by Gasteiger charge is -2.25. The van der Waals surface area contributed by atoms with Gasteiger partial charge >= 0.3 is 0 Å².